The summed E-state index contributed by atoms with van der Waals surface area (Å²) in [6.07, 6.45) is -4.65. The molecule has 0 fully saturated rings. The van der Waals surface area contributed by atoms with Crippen LogP contribution in [-0.2, 0) is 26.1 Å². The number of hydrogen-bond donors (Lipinski definition) is 1. The van der Waals surface area contributed by atoms with E-state index in [1.165, 1.54) is 12.1 Å². The molecule has 0 saturated heterocycles. The number of anilines is 1. The number of benzene rings is 2. The SMILES string of the molecule is CO[C@]1(c2cccc(C(F)(F)F)c2)C(=O)N(CC(N)=O)c2ccc(F)cc21. The van der Waals surface area contributed by atoms with E-state index >= 15 is 0 Å². The highest BCUT2D eigenvalue weighted by Gasteiger charge is 2.53. The Hall–Kier alpha value is -2.94. The third-order valence-electron chi connectivity index (χ3n) is 4.39. The topological polar surface area (TPSA) is 72.6 Å². The highest BCUT2D eigenvalue weighted by atomic mass is 19.4. The van der Waals surface area contributed by atoms with Gasteiger partial charge in [0.25, 0.3) is 5.91 Å². The number of carbonyl (C=O) groups excluding carboxylic acids is 2. The minimum absolute atomic E-state index is 0.00410. The van der Waals surface area contributed by atoms with Gasteiger partial charge >= 0.3 is 6.18 Å². The zero-order valence-electron chi connectivity index (χ0n) is 14.0. The first-order valence-electron chi connectivity index (χ1n) is 7.74. The highest BCUT2D eigenvalue weighted by molar-refractivity contribution is 6.11. The lowest BCUT2D eigenvalue weighted by atomic mass is 9.86. The zero-order valence-corrected chi connectivity index (χ0v) is 14.0. The van der Waals surface area contributed by atoms with Gasteiger partial charge in [0.05, 0.1) is 11.3 Å². The average molecular weight is 382 g/mol. The Morgan fingerprint density at radius 1 is 1.22 bits per heavy atom. The largest absolute Gasteiger partial charge is 0.416 e. The van der Waals surface area contributed by atoms with Crippen LogP contribution >= 0.6 is 0 Å². The Labute approximate surface area is 151 Å². The molecule has 1 aliphatic rings. The molecule has 2 N–H and O–H groups in total. The van der Waals surface area contributed by atoms with Gasteiger partial charge in [0, 0.05) is 12.7 Å². The van der Waals surface area contributed by atoms with Crippen molar-refractivity contribution in [2.75, 3.05) is 18.6 Å². The number of halogens is 4. The second kappa shape index (κ2) is 6.34. The van der Waals surface area contributed by atoms with Gasteiger partial charge in [-0.15, -0.1) is 0 Å². The van der Waals surface area contributed by atoms with Crippen molar-refractivity contribution in [2.45, 2.75) is 11.8 Å². The van der Waals surface area contributed by atoms with E-state index in [4.69, 9.17) is 10.5 Å². The van der Waals surface area contributed by atoms with Crippen LogP contribution < -0.4 is 10.6 Å². The number of alkyl halides is 3. The molecule has 0 bridgehead atoms. The standard InChI is InChI=1S/C18H14F4N2O3/c1-27-17(10-3-2-4-11(7-10)18(20,21)22)13-8-12(19)5-6-14(13)24(16(17)26)9-15(23)25/h2-8H,9H2,1H3,(H2,23,25)/t17-/m0/s1. The summed E-state index contributed by atoms with van der Waals surface area (Å²) >= 11 is 0. The minimum atomic E-state index is -4.65. The molecule has 5 nitrogen and oxygen atoms in total. The summed E-state index contributed by atoms with van der Waals surface area (Å²) in [7, 11) is 1.13. The fourth-order valence-corrected chi connectivity index (χ4v) is 3.26. The number of primary amides is 1. The summed E-state index contributed by atoms with van der Waals surface area (Å²) in [5, 5.41) is 0. The molecule has 27 heavy (non-hydrogen) atoms. The number of hydrogen-bond acceptors (Lipinski definition) is 3. The molecule has 0 unspecified atom stereocenters. The van der Waals surface area contributed by atoms with E-state index in [2.05, 4.69) is 0 Å². The Morgan fingerprint density at radius 2 is 1.93 bits per heavy atom. The maximum atomic E-state index is 13.9. The summed E-state index contributed by atoms with van der Waals surface area (Å²) in [5.74, 6) is -2.38. The van der Waals surface area contributed by atoms with Crippen LogP contribution in [0.1, 0.15) is 16.7 Å². The first-order chi connectivity index (χ1) is 12.6. The van der Waals surface area contributed by atoms with Crippen LogP contribution in [0.25, 0.3) is 0 Å². The number of amides is 2. The first-order valence-corrected chi connectivity index (χ1v) is 7.74. The third kappa shape index (κ3) is 2.93. The van der Waals surface area contributed by atoms with Crippen molar-refractivity contribution < 1.29 is 31.9 Å². The molecule has 2 amide bonds. The van der Waals surface area contributed by atoms with Gasteiger partial charge in [-0.3, -0.25) is 14.5 Å². The molecule has 2 aromatic rings. The van der Waals surface area contributed by atoms with Gasteiger partial charge in [-0.05, 0) is 35.9 Å². The maximum Gasteiger partial charge on any atom is 0.416 e. The number of rotatable bonds is 4. The number of fused-ring (bicyclic) bond motifs is 1. The predicted molar refractivity (Wildman–Crippen MR) is 87.2 cm³/mol. The van der Waals surface area contributed by atoms with Gasteiger partial charge in [0.1, 0.15) is 12.4 Å². The molecule has 142 valence electrons. The van der Waals surface area contributed by atoms with Crippen LogP contribution in [0, 0.1) is 5.82 Å². The van der Waals surface area contributed by atoms with Crippen molar-refractivity contribution in [1.82, 2.24) is 0 Å². The molecule has 0 aromatic heterocycles. The molecule has 0 saturated carbocycles. The highest BCUT2D eigenvalue weighted by Crippen LogP contribution is 2.47. The molecule has 9 heteroatoms. The molecular weight excluding hydrogens is 368 g/mol. The number of methoxy groups -OCH3 is 1. The summed E-state index contributed by atoms with van der Waals surface area (Å²) in [5.41, 5.74) is 2.15. The van der Waals surface area contributed by atoms with Crippen molar-refractivity contribution in [1.29, 1.82) is 0 Å². The van der Waals surface area contributed by atoms with Crippen LogP contribution in [0.2, 0.25) is 0 Å². The molecule has 1 aliphatic heterocycles. The van der Waals surface area contributed by atoms with Crippen LogP contribution in [0.3, 0.4) is 0 Å². The molecule has 2 aromatic carbocycles. The Balaban J connectivity index is 2.27. The van der Waals surface area contributed by atoms with E-state index in [0.29, 0.717) is 0 Å². The van der Waals surface area contributed by atoms with Gasteiger partial charge in [-0.25, -0.2) is 4.39 Å². The van der Waals surface area contributed by atoms with Gasteiger partial charge in [-0.1, -0.05) is 12.1 Å². The van der Waals surface area contributed by atoms with Crippen molar-refractivity contribution in [2.24, 2.45) is 5.73 Å². The number of ether oxygens (including phenoxy) is 1. The lowest BCUT2D eigenvalue weighted by molar-refractivity contribution is -0.139. The summed E-state index contributed by atoms with van der Waals surface area (Å²) in [4.78, 5) is 25.4. The van der Waals surface area contributed by atoms with E-state index in [9.17, 15) is 27.2 Å². The van der Waals surface area contributed by atoms with E-state index in [1.807, 2.05) is 0 Å². The molecular formula is C18H14F4N2O3. The Bertz CT molecular complexity index is 929. The smallest absolute Gasteiger partial charge is 0.368 e. The van der Waals surface area contributed by atoms with E-state index in [1.54, 1.807) is 0 Å². The van der Waals surface area contributed by atoms with E-state index < -0.39 is 41.5 Å². The Morgan fingerprint density at radius 3 is 2.52 bits per heavy atom. The number of nitrogens with two attached hydrogens (primary N) is 1. The molecule has 3 rings (SSSR count). The number of carbonyl (C=O) groups is 2. The van der Waals surface area contributed by atoms with Gasteiger partial charge in [-0.2, -0.15) is 13.2 Å². The monoisotopic (exact) mass is 382 g/mol. The van der Waals surface area contributed by atoms with Gasteiger partial charge in [0.2, 0.25) is 5.91 Å². The van der Waals surface area contributed by atoms with Crippen molar-refractivity contribution in [3.05, 3.63) is 65.0 Å². The normalized spacial score (nSPS) is 19.3. The second-order valence-electron chi connectivity index (χ2n) is 5.98. The summed E-state index contributed by atoms with van der Waals surface area (Å²) < 4.78 is 58.7. The average Bonchev–Trinajstić information content (AvgIpc) is 2.82. The molecule has 1 heterocycles. The van der Waals surface area contributed by atoms with Crippen LogP contribution in [-0.4, -0.2) is 25.5 Å². The van der Waals surface area contributed by atoms with Crippen LogP contribution in [0.4, 0.5) is 23.2 Å². The maximum absolute atomic E-state index is 13.9. The third-order valence-corrected chi connectivity index (χ3v) is 4.39. The van der Waals surface area contributed by atoms with Crippen molar-refractivity contribution in [3.63, 3.8) is 0 Å². The molecule has 0 radical (unpaired) electrons. The van der Waals surface area contributed by atoms with Crippen LogP contribution in [0.5, 0.6) is 0 Å². The molecule has 1 atom stereocenters. The zero-order chi connectivity index (χ0) is 20.0. The van der Waals surface area contributed by atoms with Crippen molar-refractivity contribution in [3.8, 4) is 0 Å². The van der Waals surface area contributed by atoms with Gasteiger partial charge < -0.3 is 10.5 Å². The lowest BCUT2D eigenvalue weighted by Gasteiger charge is -2.28. The Kier molecular flexibility index (Phi) is 4.43. The molecule has 0 aliphatic carbocycles. The fraction of sp³-hybridized carbons (Fsp3) is 0.222. The summed E-state index contributed by atoms with van der Waals surface area (Å²) in [6, 6.07) is 7.33. The first kappa shape index (κ1) is 18.8. The number of nitrogens with zero attached hydrogens (tertiary/aromatic N) is 1. The minimum Gasteiger partial charge on any atom is -0.368 e. The lowest BCUT2D eigenvalue weighted by Crippen LogP contribution is -2.45. The van der Waals surface area contributed by atoms with Crippen LogP contribution in [0.15, 0.2) is 42.5 Å². The van der Waals surface area contributed by atoms with E-state index in [0.717, 1.165) is 42.3 Å². The summed E-state index contributed by atoms with van der Waals surface area (Å²) in [6.45, 7) is -0.526. The van der Waals surface area contributed by atoms with Gasteiger partial charge in [0.15, 0.2) is 5.60 Å². The fourth-order valence-electron chi connectivity index (χ4n) is 3.26. The quantitative estimate of drug-likeness (QED) is 0.827. The van der Waals surface area contributed by atoms with Crippen molar-refractivity contribution >= 4 is 17.5 Å². The molecule has 0 spiro atoms. The predicted octanol–water partition coefficient (Wildman–Crippen LogP) is 2.57. The van der Waals surface area contributed by atoms with E-state index in [-0.39, 0.29) is 16.8 Å². The second-order valence-corrected chi connectivity index (χ2v) is 5.98.